The second-order valence-electron chi connectivity index (χ2n) is 7.78. The van der Waals surface area contributed by atoms with Crippen molar-refractivity contribution in [1.82, 2.24) is 25.2 Å². The number of carbonyl (C=O) groups is 2. The summed E-state index contributed by atoms with van der Waals surface area (Å²) in [5.74, 6) is 2.22. The summed E-state index contributed by atoms with van der Waals surface area (Å²) in [6, 6.07) is 1.26. The van der Waals surface area contributed by atoms with Crippen molar-refractivity contribution in [3.8, 4) is 0 Å². The highest BCUT2D eigenvalue weighted by atomic mass is 32.1. The summed E-state index contributed by atoms with van der Waals surface area (Å²) in [7, 11) is 1.58. The maximum atomic E-state index is 12.2. The largest absolute Gasteiger partial charge is 0.368 e. The minimum atomic E-state index is -0.579. The van der Waals surface area contributed by atoms with Gasteiger partial charge in [-0.25, -0.2) is 15.0 Å². The predicted molar refractivity (Wildman–Crippen MR) is 127 cm³/mol. The monoisotopic (exact) mass is 457 g/mol. The topological polar surface area (TPSA) is 112 Å². The number of carbonyl (C=O) groups excluding carboxylic acids is 2. The number of anilines is 3. The van der Waals surface area contributed by atoms with Crippen LogP contribution >= 0.6 is 11.3 Å². The van der Waals surface area contributed by atoms with Gasteiger partial charge in [-0.05, 0) is 31.8 Å². The van der Waals surface area contributed by atoms with Crippen molar-refractivity contribution in [3.05, 3.63) is 35.6 Å². The molecule has 172 valence electrons. The van der Waals surface area contributed by atoms with E-state index in [1.54, 1.807) is 25.3 Å². The van der Waals surface area contributed by atoms with Gasteiger partial charge in [0.15, 0.2) is 5.13 Å². The molecule has 2 aromatic heterocycles. The van der Waals surface area contributed by atoms with E-state index in [-0.39, 0.29) is 11.8 Å². The first-order chi connectivity index (χ1) is 15.4. The van der Waals surface area contributed by atoms with E-state index >= 15 is 0 Å². The van der Waals surface area contributed by atoms with Crippen LogP contribution in [0.4, 0.5) is 16.8 Å². The average Bonchev–Trinajstić information content (AvgIpc) is 3.20. The summed E-state index contributed by atoms with van der Waals surface area (Å²) >= 11 is 1.68. The Balaban J connectivity index is 1.52. The van der Waals surface area contributed by atoms with Gasteiger partial charge in [-0.1, -0.05) is 19.9 Å². The molecule has 0 radical (unpaired) electrons. The third-order valence-corrected chi connectivity index (χ3v) is 6.64. The van der Waals surface area contributed by atoms with Crippen LogP contribution in [-0.4, -0.2) is 57.8 Å². The van der Waals surface area contributed by atoms with Crippen LogP contribution in [0.15, 0.2) is 24.9 Å². The number of aromatic nitrogens is 3. The second kappa shape index (κ2) is 11.0. The molecular weight excluding hydrogens is 426 g/mol. The summed E-state index contributed by atoms with van der Waals surface area (Å²) in [6.45, 7) is 8.00. The number of hydrogen-bond acceptors (Lipinski definition) is 8. The molecule has 10 heteroatoms. The molecule has 2 aromatic rings. The van der Waals surface area contributed by atoms with Crippen LogP contribution in [0.25, 0.3) is 0 Å². The van der Waals surface area contributed by atoms with Gasteiger partial charge in [-0.2, -0.15) is 0 Å². The molecule has 0 bridgehead atoms. The Kier molecular flexibility index (Phi) is 8.15. The molecule has 0 saturated heterocycles. The Morgan fingerprint density at radius 3 is 2.72 bits per heavy atom. The first kappa shape index (κ1) is 23.6. The van der Waals surface area contributed by atoms with Gasteiger partial charge in [0.05, 0.1) is 0 Å². The van der Waals surface area contributed by atoms with Crippen molar-refractivity contribution in [2.75, 3.05) is 30.8 Å². The zero-order valence-electron chi connectivity index (χ0n) is 18.9. The average molecular weight is 458 g/mol. The predicted octanol–water partition coefficient (Wildman–Crippen LogP) is 3.07. The number of hydrogen-bond donors (Lipinski definition) is 3. The molecule has 1 unspecified atom stereocenters. The van der Waals surface area contributed by atoms with Gasteiger partial charge in [0.1, 0.15) is 23.5 Å². The van der Waals surface area contributed by atoms with E-state index in [0.717, 1.165) is 11.0 Å². The number of amides is 2. The van der Waals surface area contributed by atoms with E-state index < -0.39 is 6.04 Å². The minimum Gasteiger partial charge on any atom is -0.368 e. The molecule has 1 saturated carbocycles. The Morgan fingerprint density at radius 1 is 1.31 bits per heavy atom. The number of thiazole rings is 1. The van der Waals surface area contributed by atoms with E-state index in [9.17, 15) is 9.59 Å². The third kappa shape index (κ3) is 6.03. The summed E-state index contributed by atoms with van der Waals surface area (Å²) in [5.41, 5.74) is 0. The molecular formula is C22H31N7O2S. The van der Waals surface area contributed by atoms with Crippen LogP contribution < -0.4 is 16.0 Å². The van der Waals surface area contributed by atoms with E-state index in [1.165, 1.54) is 35.1 Å². The number of nitrogens with zero attached hydrogens (tertiary/aromatic N) is 4. The Hall–Kier alpha value is -3.01. The molecule has 2 amide bonds. The molecule has 0 aliphatic heterocycles. The van der Waals surface area contributed by atoms with E-state index in [2.05, 4.69) is 37.5 Å². The number of rotatable bonds is 11. The molecule has 9 nitrogen and oxygen atoms in total. The quantitative estimate of drug-likeness (QED) is 0.351. The van der Waals surface area contributed by atoms with Crippen molar-refractivity contribution in [2.24, 2.45) is 0 Å². The summed E-state index contributed by atoms with van der Waals surface area (Å²) in [5, 5.41) is 10.2. The summed E-state index contributed by atoms with van der Waals surface area (Å²) in [4.78, 5) is 40.1. The first-order valence-electron chi connectivity index (χ1n) is 10.9. The van der Waals surface area contributed by atoms with Gasteiger partial charge in [-0.15, -0.1) is 11.3 Å². The highest BCUT2D eigenvalue weighted by Crippen LogP contribution is 2.40. The van der Waals surface area contributed by atoms with Gasteiger partial charge in [0.2, 0.25) is 11.8 Å². The van der Waals surface area contributed by atoms with Crippen molar-refractivity contribution >= 4 is 39.9 Å². The van der Waals surface area contributed by atoms with Crippen LogP contribution in [-0.2, 0) is 16.0 Å². The maximum Gasteiger partial charge on any atom is 0.246 e. The van der Waals surface area contributed by atoms with E-state index in [1.807, 2.05) is 19.2 Å². The molecule has 1 fully saturated rings. The fourth-order valence-corrected chi connectivity index (χ4v) is 4.17. The number of aryl methyl sites for hydroxylation is 1. The third-order valence-electron chi connectivity index (χ3n) is 5.57. The van der Waals surface area contributed by atoms with Crippen LogP contribution in [0.3, 0.4) is 0 Å². The lowest BCUT2D eigenvalue weighted by atomic mass is 9.85. The van der Waals surface area contributed by atoms with Gasteiger partial charge < -0.3 is 20.9 Å². The van der Waals surface area contributed by atoms with Crippen molar-refractivity contribution in [1.29, 1.82) is 0 Å². The second-order valence-corrected chi connectivity index (χ2v) is 8.84. The molecule has 3 N–H and O–H groups in total. The standard InChI is InChI=1S/C22H31N7O2S/c1-5-17-26-18(23-10-11-24-21(31)14(3)29(4)20(30)6-2)12-19(27-17)28-22-25-13-16(32-22)15-8-7-9-15/h6,12-15H,2,5,7-11H2,1,3-4H3,(H,24,31)(H2,23,25,26,27,28). The molecule has 3 rings (SSSR count). The first-order valence-corrected chi connectivity index (χ1v) is 11.7. The Labute approximate surface area is 192 Å². The van der Waals surface area contributed by atoms with Crippen molar-refractivity contribution in [3.63, 3.8) is 0 Å². The van der Waals surface area contributed by atoms with Gasteiger partial charge in [0, 0.05) is 43.7 Å². The highest BCUT2D eigenvalue weighted by molar-refractivity contribution is 7.15. The molecule has 1 aliphatic rings. The Morgan fingerprint density at radius 2 is 2.06 bits per heavy atom. The summed E-state index contributed by atoms with van der Waals surface area (Å²) in [6.07, 6.45) is 7.65. The lowest BCUT2D eigenvalue weighted by Crippen LogP contribution is -2.46. The minimum absolute atomic E-state index is 0.227. The van der Waals surface area contributed by atoms with Crippen LogP contribution in [0.5, 0.6) is 0 Å². The van der Waals surface area contributed by atoms with Gasteiger partial charge in [0.25, 0.3) is 0 Å². The molecule has 1 aliphatic carbocycles. The van der Waals surface area contributed by atoms with Crippen LogP contribution in [0.1, 0.15) is 49.7 Å². The molecule has 32 heavy (non-hydrogen) atoms. The smallest absolute Gasteiger partial charge is 0.246 e. The molecule has 0 spiro atoms. The zero-order chi connectivity index (χ0) is 23.1. The number of nitrogens with one attached hydrogen (secondary N) is 3. The highest BCUT2D eigenvalue weighted by Gasteiger charge is 2.22. The maximum absolute atomic E-state index is 12.2. The normalized spacial score (nSPS) is 14.2. The fraction of sp³-hybridized carbons (Fsp3) is 0.500. The Bertz CT molecular complexity index is 958. The van der Waals surface area contributed by atoms with Gasteiger partial charge >= 0.3 is 0 Å². The fourth-order valence-electron chi connectivity index (χ4n) is 3.18. The van der Waals surface area contributed by atoms with E-state index in [0.29, 0.717) is 37.1 Å². The molecule has 2 heterocycles. The number of likely N-dealkylation sites (N-methyl/N-ethyl adjacent to an activating group) is 1. The lowest BCUT2D eigenvalue weighted by molar-refractivity contribution is -0.134. The zero-order valence-corrected chi connectivity index (χ0v) is 19.7. The molecule has 1 atom stereocenters. The van der Waals surface area contributed by atoms with Crippen LogP contribution in [0, 0.1) is 0 Å². The van der Waals surface area contributed by atoms with Gasteiger partial charge in [-0.3, -0.25) is 9.59 Å². The van der Waals surface area contributed by atoms with Crippen LogP contribution in [0.2, 0.25) is 0 Å². The SMILES string of the molecule is C=CC(=O)N(C)C(C)C(=O)NCCNc1cc(Nc2ncc(C3CCC3)s2)nc(CC)n1. The van der Waals surface area contributed by atoms with Crippen molar-refractivity contribution < 1.29 is 9.59 Å². The summed E-state index contributed by atoms with van der Waals surface area (Å²) < 4.78 is 0. The van der Waals surface area contributed by atoms with E-state index in [4.69, 9.17) is 0 Å². The molecule has 0 aromatic carbocycles. The van der Waals surface area contributed by atoms with Crippen molar-refractivity contribution in [2.45, 2.75) is 51.5 Å². The lowest BCUT2D eigenvalue weighted by Gasteiger charge is -2.23.